The first-order valence-electron chi connectivity index (χ1n) is 6.29. The molecule has 0 spiro atoms. The first-order valence-corrected chi connectivity index (χ1v) is 6.67. The highest BCUT2D eigenvalue weighted by Crippen LogP contribution is 2.16. The van der Waals surface area contributed by atoms with E-state index >= 15 is 0 Å². The molecule has 1 atom stereocenters. The summed E-state index contributed by atoms with van der Waals surface area (Å²) in [6, 6.07) is 0.0241. The van der Waals surface area contributed by atoms with E-state index in [0.29, 0.717) is 5.82 Å². The molecule has 1 heterocycles. The zero-order valence-corrected chi connectivity index (χ0v) is 12.8. The molecule has 1 N–H and O–H groups in total. The van der Waals surface area contributed by atoms with Gasteiger partial charge < -0.3 is 10.2 Å². The van der Waals surface area contributed by atoms with Gasteiger partial charge in [-0.05, 0) is 21.0 Å². The van der Waals surface area contributed by atoms with Gasteiger partial charge in [0.25, 0.3) is 5.91 Å². The van der Waals surface area contributed by atoms with Crippen molar-refractivity contribution in [2.45, 2.75) is 32.7 Å². The largest absolute Gasteiger partial charge is 0.347 e. The van der Waals surface area contributed by atoms with Crippen LogP contribution in [0.25, 0.3) is 0 Å². The van der Waals surface area contributed by atoms with Crippen molar-refractivity contribution < 1.29 is 4.79 Å². The van der Waals surface area contributed by atoms with Crippen molar-refractivity contribution in [1.29, 1.82) is 0 Å². The molecule has 106 valence electrons. The molecule has 19 heavy (non-hydrogen) atoms. The summed E-state index contributed by atoms with van der Waals surface area (Å²) in [5.74, 6) is 0.515. The fourth-order valence-corrected chi connectivity index (χ4v) is 1.88. The SMILES string of the molecule is CC(CN(C)C)NC(=O)c1nc(C(C)C)ncc1Cl. The molecule has 0 saturated heterocycles. The van der Waals surface area contributed by atoms with E-state index in [0.717, 1.165) is 6.54 Å². The zero-order valence-electron chi connectivity index (χ0n) is 12.1. The third kappa shape index (κ3) is 4.76. The van der Waals surface area contributed by atoms with Crippen molar-refractivity contribution in [3.63, 3.8) is 0 Å². The first kappa shape index (κ1) is 15.9. The summed E-state index contributed by atoms with van der Waals surface area (Å²) in [6.07, 6.45) is 1.48. The lowest BCUT2D eigenvalue weighted by Crippen LogP contribution is -2.40. The molecule has 0 radical (unpaired) electrons. The second kappa shape index (κ2) is 6.82. The molecule has 0 aromatic carbocycles. The summed E-state index contributed by atoms with van der Waals surface area (Å²) in [5, 5.41) is 3.16. The molecule has 1 unspecified atom stereocenters. The molecule has 0 aliphatic rings. The molecule has 6 heteroatoms. The Kier molecular flexibility index (Phi) is 5.69. The van der Waals surface area contributed by atoms with Crippen molar-refractivity contribution >= 4 is 17.5 Å². The molecular weight excluding hydrogens is 264 g/mol. The van der Waals surface area contributed by atoms with E-state index in [-0.39, 0.29) is 28.6 Å². The Labute approximate surface area is 119 Å². The lowest BCUT2D eigenvalue weighted by molar-refractivity contribution is 0.0929. The van der Waals surface area contributed by atoms with Gasteiger partial charge in [0.1, 0.15) is 11.5 Å². The highest BCUT2D eigenvalue weighted by atomic mass is 35.5. The van der Waals surface area contributed by atoms with Gasteiger partial charge in [-0.3, -0.25) is 4.79 Å². The second-order valence-corrected chi connectivity index (χ2v) is 5.62. The molecule has 0 fully saturated rings. The van der Waals surface area contributed by atoms with Gasteiger partial charge in [0.05, 0.1) is 11.2 Å². The number of amides is 1. The number of hydrogen-bond donors (Lipinski definition) is 1. The number of nitrogens with one attached hydrogen (secondary N) is 1. The molecule has 0 aliphatic heterocycles. The van der Waals surface area contributed by atoms with Crippen LogP contribution in [0.4, 0.5) is 0 Å². The zero-order chi connectivity index (χ0) is 14.6. The Hall–Kier alpha value is -1.20. The summed E-state index contributed by atoms with van der Waals surface area (Å²) < 4.78 is 0. The number of aromatic nitrogens is 2. The van der Waals surface area contributed by atoms with Crippen LogP contribution in [0.15, 0.2) is 6.20 Å². The molecule has 1 aromatic heterocycles. The monoisotopic (exact) mass is 284 g/mol. The van der Waals surface area contributed by atoms with Crippen LogP contribution in [0.3, 0.4) is 0 Å². The molecule has 0 bridgehead atoms. The lowest BCUT2D eigenvalue weighted by atomic mass is 10.2. The quantitative estimate of drug-likeness (QED) is 0.898. The maximum absolute atomic E-state index is 12.1. The predicted octanol–water partition coefficient (Wildman–Crippen LogP) is 1.93. The second-order valence-electron chi connectivity index (χ2n) is 5.22. The summed E-state index contributed by atoms with van der Waals surface area (Å²) in [7, 11) is 3.91. The van der Waals surface area contributed by atoms with E-state index in [1.54, 1.807) is 0 Å². The number of nitrogens with zero attached hydrogens (tertiary/aromatic N) is 3. The summed E-state index contributed by atoms with van der Waals surface area (Å²) in [5.41, 5.74) is 0.242. The highest BCUT2D eigenvalue weighted by Gasteiger charge is 2.17. The van der Waals surface area contributed by atoms with Crippen LogP contribution < -0.4 is 5.32 Å². The van der Waals surface area contributed by atoms with Crippen LogP contribution in [-0.4, -0.2) is 47.5 Å². The minimum absolute atomic E-state index is 0.0241. The van der Waals surface area contributed by atoms with E-state index in [2.05, 4.69) is 15.3 Å². The van der Waals surface area contributed by atoms with Crippen LogP contribution in [0.2, 0.25) is 5.02 Å². The summed E-state index contributed by atoms with van der Waals surface area (Å²) >= 11 is 5.99. The Morgan fingerprint density at radius 1 is 1.42 bits per heavy atom. The maximum Gasteiger partial charge on any atom is 0.271 e. The average Bonchev–Trinajstić information content (AvgIpc) is 2.27. The minimum Gasteiger partial charge on any atom is -0.347 e. The summed E-state index contributed by atoms with van der Waals surface area (Å²) in [4.78, 5) is 22.5. The Balaban J connectivity index is 2.84. The normalized spacial score (nSPS) is 12.8. The molecule has 0 aliphatic carbocycles. The van der Waals surface area contributed by atoms with Crippen molar-refractivity contribution in [2.75, 3.05) is 20.6 Å². The van der Waals surface area contributed by atoms with Gasteiger partial charge in [-0.15, -0.1) is 0 Å². The van der Waals surface area contributed by atoms with Gasteiger partial charge >= 0.3 is 0 Å². The van der Waals surface area contributed by atoms with E-state index < -0.39 is 0 Å². The number of rotatable bonds is 5. The van der Waals surface area contributed by atoms with Gasteiger partial charge in [0.2, 0.25) is 0 Å². The number of carbonyl (C=O) groups excluding carboxylic acids is 1. The average molecular weight is 285 g/mol. The Bertz CT molecular complexity index is 448. The van der Waals surface area contributed by atoms with Crippen molar-refractivity contribution in [3.05, 3.63) is 22.7 Å². The van der Waals surface area contributed by atoms with Crippen LogP contribution in [0, 0.1) is 0 Å². The van der Waals surface area contributed by atoms with E-state index in [1.807, 2.05) is 39.8 Å². The summed E-state index contributed by atoms with van der Waals surface area (Å²) in [6.45, 7) is 6.64. The third-order valence-electron chi connectivity index (χ3n) is 2.51. The van der Waals surface area contributed by atoms with Gasteiger partial charge in [0.15, 0.2) is 0 Å². The van der Waals surface area contributed by atoms with E-state index in [9.17, 15) is 4.79 Å². The molecular formula is C13H21ClN4O. The number of carbonyl (C=O) groups is 1. The Morgan fingerprint density at radius 3 is 2.58 bits per heavy atom. The number of hydrogen-bond acceptors (Lipinski definition) is 4. The van der Waals surface area contributed by atoms with E-state index in [4.69, 9.17) is 11.6 Å². The first-order chi connectivity index (χ1) is 8.81. The molecule has 5 nitrogen and oxygen atoms in total. The Morgan fingerprint density at radius 2 is 2.05 bits per heavy atom. The van der Waals surface area contributed by atoms with Crippen molar-refractivity contribution in [3.8, 4) is 0 Å². The van der Waals surface area contributed by atoms with Crippen LogP contribution in [-0.2, 0) is 0 Å². The predicted molar refractivity (Wildman–Crippen MR) is 76.6 cm³/mol. The van der Waals surface area contributed by atoms with Gasteiger partial charge in [-0.2, -0.15) is 0 Å². The highest BCUT2D eigenvalue weighted by molar-refractivity contribution is 6.33. The smallest absolute Gasteiger partial charge is 0.271 e. The number of halogens is 1. The maximum atomic E-state index is 12.1. The molecule has 1 aromatic rings. The lowest BCUT2D eigenvalue weighted by Gasteiger charge is -2.18. The topological polar surface area (TPSA) is 58.1 Å². The molecule has 1 rings (SSSR count). The van der Waals surface area contributed by atoms with Gasteiger partial charge in [-0.25, -0.2) is 9.97 Å². The van der Waals surface area contributed by atoms with Crippen molar-refractivity contribution in [1.82, 2.24) is 20.2 Å². The van der Waals surface area contributed by atoms with Crippen LogP contribution in [0.1, 0.15) is 43.0 Å². The van der Waals surface area contributed by atoms with Crippen LogP contribution in [0.5, 0.6) is 0 Å². The van der Waals surface area contributed by atoms with Crippen molar-refractivity contribution in [2.24, 2.45) is 0 Å². The van der Waals surface area contributed by atoms with Crippen LogP contribution >= 0.6 is 11.6 Å². The van der Waals surface area contributed by atoms with Gasteiger partial charge in [0, 0.05) is 18.5 Å². The molecule has 1 amide bonds. The molecule has 0 saturated carbocycles. The standard InChI is InChI=1S/C13H21ClN4O/c1-8(2)12-15-6-10(14)11(17-12)13(19)16-9(3)7-18(4)5/h6,8-9H,7H2,1-5H3,(H,16,19). The third-order valence-corrected chi connectivity index (χ3v) is 2.79. The minimum atomic E-state index is -0.261. The van der Waals surface area contributed by atoms with Gasteiger partial charge in [-0.1, -0.05) is 25.4 Å². The van der Waals surface area contributed by atoms with E-state index in [1.165, 1.54) is 6.20 Å². The fourth-order valence-electron chi connectivity index (χ4n) is 1.70. The fraction of sp³-hybridized carbons (Fsp3) is 0.615. The number of likely N-dealkylation sites (N-methyl/N-ethyl adjacent to an activating group) is 1.